The first-order valence-electron chi connectivity index (χ1n) is 5.24. The molecule has 0 aliphatic heterocycles. The monoisotopic (exact) mass is 291 g/mol. The van der Waals surface area contributed by atoms with Crippen molar-refractivity contribution in [3.63, 3.8) is 0 Å². The summed E-state index contributed by atoms with van der Waals surface area (Å²) >= 11 is 1.02. The summed E-state index contributed by atoms with van der Waals surface area (Å²) in [5.74, 6) is -0.401. The van der Waals surface area contributed by atoms with Gasteiger partial charge in [-0.3, -0.25) is 19.9 Å². The van der Waals surface area contributed by atoms with E-state index in [0.717, 1.165) is 28.1 Å². The summed E-state index contributed by atoms with van der Waals surface area (Å²) in [6.45, 7) is 0. The van der Waals surface area contributed by atoms with Crippen LogP contribution in [0.4, 0.5) is 5.69 Å². The molecule has 0 saturated carbocycles. The maximum atomic E-state index is 11.6. The van der Waals surface area contributed by atoms with E-state index in [1.807, 2.05) is 0 Å². The van der Waals surface area contributed by atoms with Crippen molar-refractivity contribution in [2.75, 3.05) is 0 Å². The molecule has 0 aromatic carbocycles. The molecule has 9 nitrogen and oxygen atoms in total. The second-order valence-corrected chi connectivity index (χ2v) is 4.70. The predicted molar refractivity (Wildman–Crippen MR) is 68.7 cm³/mol. The third kappa shape index (κ3) is 1.97. The second-order valence-electron chi connectivity index (χ2n) is 3.74. The van der Waals surface area contributed by atoms with Crippen molar-refractivity contribution in [3.8, 4) is 16.5 Å². The maximum absolute atomic E-state index is 11.6. The average Bonchev–Trinajstić information content (AvgIpc) is 2.83. The van der Waals surface area contributed by atoms with Crippen LogP contribution in [0.3, 0.4) is 0 Å². The zero-order valence-electron chi connectivity index (χ0n) is 9.63. The highest BCUT2D eigenvalue weighted by molar-refractivity contribution is 7.19. The topological polar surface area (TPSA) is 124 Å². The molecule has 20 heavy (non-hydrogen) atoms. The van der Waals surface area contributed by atoms with Crippen molar-refractivity contribution in [1.82, 2.24) is 19.6 Å². The first-order valence-corrected chi connectivity index (χ1v) is 6.06. The number of pyridine rings is 1. The number of hydrogen-bond donors (Lipinski definition) is 1. The van der Waals surface area contributed by atoms with Gasteiger partial charge in [-0.1, -0.05) is 11.3 Å². The van der Waals surface area contributed by atoms with Gasteiger partial charge in [0.2, 0.25) is 10.8 Å². The molecule has 3 heterocycles. The van der Waals surface area contributed by atoms with E-state index in [0.29, 0.717) is 10.6 Å². The molecular weight excluding hydrogens is 286 g/mol. The minimum atomic E-state index is -0.569. The number of hydrogen-bond acceptors (Lipinski definition) is 8. The molecule has 0 fully saturated rings. The lowest BCUT2D eigenvalue weighted by atomic mass is 10.3. The highest BCUT2D eigenvalue weighted by Crippen LogP contribution is 2.26. The van der Waals surface area contributed by atoms with E-state index in [9.17, 15) is 20.0 Å². The summed E-state index contributed by atoms with van der Waals surface area (Å²) in [6.07, 6.45) is 2.52. The first kappa shape index (κ1) is 12.2. The number of aromatic nitrogens is 4. The van der Waals surface area contributed by atoms with Crippen molar-refractivity contribution in [3.05, 3.63) is 45.0 Å². The van der Waals surface area contributed by atoms with Crippen molar-refractivity contribution in [2.24, 2.45) is 0 Å². The first-order chi connectivity index (χ1) is 9.54. The maximum Gasteiger partial charge on any atom is 0.288 e. The van der Waals surface area contributed by atoms with E-state index in [2.05, 4.69) is 15.1 Å². The lowest BCUT2D eigenvalue weighted by Crippen LogP contribution is -2.12. The zero-order chi connectivity index (χ0) is 14.3. The van der Waals surface area contributed by atoms with Crippen LogP contribution in [0.1, 0.15) is 0 Å². The van der Waals surface area contributed by atoms with Crippen LogP contribution >= 0.6 is 11.3 Å². The highest BCUT2D eigenvalue weighted by Gasteiger charge is 2.13. The summed E-state index contributed by atoms with van der Waals surface area (Å²) in [5.41, 5.74) is -0.313. The molecular formula is C10H5N5O4S. The van der Waals surface area contributed by atoms with Gasteiger partial charge in [-0.2, -0.15) is 14.6 Å². The Labute approximate surface area is 113 Å². The lowest BCUT2D eigenvalue weighted by Gasteiger charge is -1.94. The second kappa shape index (κ2) is 4.35. The minimum absolute atomic E-state index is 0.176. The largest absolute Gasteiger partial charge is 0.493 e. The number of nitro groups is 1. The van der Waals surface area contributed by atoms with Gasteiger partial charge in [0.25, 0.3) is 11.2 Å². The fourth-order valence-corrected chi connectivity index (χ4v) is 2.44. The van der Waals surface area contributed by atoms with Gasteiger partial charge in [-0.15, -0.1) is 0 Å². The summed E-state index contributed by atoms with van der Waals surface area (Å²) in [4.78, 5) is 29.4. The van der Waals surface area contributed by atoms with Gasteiger partial charge in [-0.25, -0.2) is 0 Å². The van der Waals surface area contributed by atoms with Crippen LogP contribution in [0.25, 0.3) is 15.5 Å². The van der Waals surface area contributed by atoms with Gasteiger partial charge in [0.1, 0.15) is 11.2 Å². The Morgan fingerprint density at radius 3 is 2.90 bits per heavy atom. The fraction of sp³-hybridized carbons (Fsp3) is 0. The fourth-order valence-electron chi connectivity index (χ4n) is 1.56. The Hall–Kier alpha value is -2.88. The Kier molecular flexibility index (Phi) is 2.64. The van der Waals surface area contributed by atoms with Crippen LogP contribution in [0.2, 0.25) is 0 Å². The molecule has 0 aliphatic rings. The molecule has 100 valence electrons. The van der Waals surface area contributed by atoms with Gasteiger partial charge in [0.15, 0.2) is 0 Å². The number of nitrogens with zero attached hydrogens (tertiary/aromatic N) is 5. The molecule has 0 spiro atoms. The number of fused-ring (bicyclic) bond motifs is 1. The number of rotatable bonds is 2. The van der Waals surface area contributed by atoms with E-state index in [1.54, 1.807) is 0 Å². The highest BCUT2D eigenvalue weighted by atomic mass is 32.1. The molecule has 0 unspecified atom stereocenters. The van der Waals surface area contributed by atoms with Gasteiger partial charge in [0, 0.05) is 17.8 Å². The molecule has 0 amide bonds. The summed E-state index contributed by atoms with van der Waals surface area (Å²) in [5, 5.41) is 24.3. The molecule has 0 saturated heterocycles. The molecule has 0 bridgehead atoms. The smallest absolute Gasteiger partial charge is 0.288 e. The molecule has 3 aromatic rings. The van der Waals surface area contributed by atoms with E-state index < -0.39 is 16.4 Å². The van der Waals surface area contributed by atoms with E-state index >= 15 is 0 Å². The molecule has 0 atom stereocenters. The van der Waals surface area contributed by atoms with E-state index in [1.165, 1.54) is 12.3 Å². The molecule has 10 heteroatoms. The standard InChI is InChI=1S/C10H5N5O4S/c16-7-2-8(17)14-10(12-7)20-9(13-14)5-1-6(15(18)19)4-11-3-5/h1-4,16H. The van der Waals surface area contributed by atoms with Gasteiger partial charge >= 0.3 is 0 Å². The summed E-state index contributed by atoms with van der Waals surface area (Å²) < 4.78 is 1.01. The lowest BCUT2D eigenvalue weighted by molar-refractivity contribution is -0.385. The summed E-state index contributed by atoms with van der Waals surface area (Å²) in [7, 11) is 0. The molecule has 0 radical (unpaired) electrons. The third-order valence-corrected chi connectivity index (χ3v) is 3.37. The Morgan fingerprint density at radius 1 is 1.35 bits per heavy atom. The van der Waals surface area contributed by atoms with Crippen molar-refractivity contribution in [1.29, 1.82) is 0 Å². The van der Waals surface area contributed by atoms with E-state index in [4.69, 9.17) is 0 Å². The van der Waals surface area contributed by atoms with Crippen molar-refractivity contribution >= 4 is 22.0 Å². The Balaban J connectivity index is 2.20. The SMILES string of the molecule is O=c1cc(O)nc2sc(-c3cncc([N+](=O)[O-])c3)nn12. The Bertz CT molecular complexity index is 887. The normalized spacial score (nSPS) is 10.8. The van der Waals surface area contributed by atoms with Crippen LogP contribution in [0.5, 0.6) is 5.88 Å². The average molecular weight is 291 g/mol. The quantitative estimate of drug-likeness (QED) is 0.547. The minimum Gasteiger partial charge on any atom is -0.493 e. The predicted octanol–water partition coefficient (Wildman–Crippen LogP) is 0.827. The van der Waals surface area contributed by atoms with Crippen LogP contribution in [0, 0.1) is 10.1 Å². The van der Waals surface area contributed by atoms with Crippen molar-refractivity contribution in [2.45, 2.75) is 0 Å². The molecule has 0 aliphatic carbocycles. The van der Waals surface area contributed by atoms with Crippen LogP contribution < -0.4 is 5.56 Å². The van der Waals surface area contributed by atoms with Crippen LogP contribution in [0.15, 0.2) is 29.3 Å². The molecule has 3 aromatic heterocycles. The zero-order valence-corrected chi connectivity index (χ0v) is 10.4. The number of aromatic hydroxyl groups is 1. The molecule has 3 rings (SSSR count). The van der Waals surface area contributed by atoms with Gasteiger partial charge in [-0.05, 0) is 0 Å². The van der Waals surface area contributed by atoms with E-state index in [-0.39, 0.29) is 10.6 Å². The van der Waals surface area contributed by atoms with Crippen molar-refractivity contribution < 1.29 is 10.0 Å². The van der Waals surface area contributed by atoms with Gasteiger partial charge in [0.05, 0.1) is 11.0 Å². The van der Waals surface area contributed by atoms with Crippen LogP contribution in [-0.2, 0) is 0 Å². The van der Waals surface area contributed by atoms with Gasteiger partial charge < -0.3 is 5.11 Å². The van der Waals surface area contributed by atoms with Crippen LogP contribution in [-0.4, -0.2) is 29.6 Å². The summed E-state index contributed by atoms with van der Waals surface area (Å²) in [6, 6.07) is 2.23. The Morgan fingerprint density at radius 2 is 2.15 bits per heavy atom. The third-order valence-electron chi connectivity index (χ3n) is 2.41. The molecule has 1 N–H and O–H groups in total.